The highest BCUT2D eigenvalue weighted by molar-refractivity contribution is 6.31. The van der Waals surface area contributed by atoms with Gasteiger partial charge >= 0.3 is 5.97 Å². The number of nitrogens with zero attached hydrogens (tertiary/aromatic N) is 1. The summed E-state index contributed by atoms with van der Waals surface area (Å²) in [5, 5.41) is 15.4. The van der Waals surface area contributed by atoms with Crippen LogP contribution in [-0.2, 0) is 17.6 Å². The molecule has 0 unspecified atom stereocenters. The summed E-state index contributed by atoms with van der Waals surface area (Å²) in [6.07, 6.45) is 1.25. The lowest BCUT2D eigenvalue weighted by Crippen LogP contribution is -2.17. The van der Waals surface area contributed by atoms with Crippen molar-refractivity contribution in [3.05, 3.63) is 136 Å². The first-order valence-electron chi connectivity index (χ1n) is 13.0. The van der Waals surface area contributed by atoms with Crippen LogP contribution in [0.25, 0.3) is 10.9 Å². The quantitative estimate of drug-likeness (QED) is 0.190. The molecule has 39 heavy (non-hydrogen) atoms. The van der Waals surface area contributed by atoms with Crippen LogP contribution in [0.5, 0.6) is 0 Å². The minimum atomic E-state index is -0.355. The highest BCUT2D eigenvalue weighted by Gasteiger charge is 2.25. The van der Waals surface area contributed by atoms with Gasteiger partial charge in [-0.2, -0.15) is 0 Å². The van der Waals surface area contributed by atoms with E-state index in [1.54, 1.807) is 12.1 Å². The Kier molecular flexibility index (Phi) is 8.30. The highest BCUT2D eigenvalue weighted by Crippen LogP contribution is 2.37. The second kappa shape index (κ2) is 12.2. The molecule has 0 aliphatic carbocycles. The van der Waals surface area contributed by atoms with Crippen molar-refractivity contribution >= 4 is 34.2 Å². The number of halogens is 1. The molecule has 0 atom stereocenters. The van der Waals surface area contributed by atoms with Crippen LogP contribution in [0.4, 0.5) is 5.69 Å². The van der Waals surface area contributed by atoms with E-state index < -0.39 is 0 Å². The summed E-state index contributed by atoms with van der Waals surface area (Å²) < 4.78 is 7.16. The van der Waals surface area contributed by atoms with Crippen molar-refractivity contribution in [2.75, 3.05) is 25.6 Å². The summed E-state index contributed by atoms with van der Waals surface area (Å²) in [6, 6.07) is 34.2. The molecule has 5 nitrogen and oxygen atoms in total. The molecule has 2 N–H and O–H groups in total. The van der Waals surface area contributed by atoms with Gasteiger partial charge in [0.25, 0.3) is 0 Å². The van der Waals surface area contributed by atoms with Crippen molar-refractivity contribution in [1.29, 1.82) is 0 Å². The van der Waals surface area contributed by atoms with E-state index in [0.717, 1.165) is 34.3 Å². The molecule has 5 aromatic rings. The minimum Gasteiger partial charge on any atom is -0.465 e. The molecule has 0 saturated heterocycles. The molecule has 5 rings (SSSR count). The molecule has 6 heteroatoms. The van der Waals surface area contributed by atoms with E-state index in [4.69, 9.17) is 16.3 Å². The first kappa shape index (κ1) is 26.5. The number of methoxy groups -OCH3 is 1. The third-order valence-corrected chi connectivity index (χ3v) is 7.27. The van der Waals surface area contributed by atoms with Crippen LogP contribution in [0.15, 0.2) is 103 Å². The van der Waals surface area contributed by atoms with E-state index in [2.05, 4.69) is 64.5 Å². The standard InChI is InChI=1S/C33H31ClN2O3/c1-39-33(38)25-12-15-27(16-13-25)35-20-18-28-29-22-26(34)14-17-30(29)36(31(28)19-21-37)32(23-8-4-2-5-9-23)24-10-6-3-7-11-24/h2-17,22,32,35,37H,18-21H2,1H3. The number of rotatable bonds is 10. The van der Waals surface area contributed by atoms with Crippen LogP contribution in [0.1, 0.15) is 38.8 Å². The van der Waals surface area contributed by atoms with Crippen molar-refractivity contribution in [2.24, 2.45) is 0 Å². The fraction of sp³-hybridized carbons (Fsp3) is 0.182. The number of aliphatic hydroxyl groups excluding tert-OH is 1. The molecule has 0 bridgehead atoms. The average Bonchev–Trinajstić information content (AvgIpc) is 3.26. The van der Waals surface area contributed by atoms with Crippen molar-refractivity contribution < 1.29 is 14.6 Å². The van der Waals surface area contributed by atoms with Gasteiger partial charge in [0.1, 0.15) is 0 Å². The van der Waals surface area contributed by atoms with Gasteiger partial charge in [-0.05, 0) is 65.6 Å². The largest absolute Gasteiger partial charge is 0.465 e. The van der Waals surface area contributed by atoms with Gasteiger partial charge in [0.05, 0.1) is 18.7 Å². The topological polar surface area (TPSA) is 63.5 Å². The van der Waals surface area contributed by atoms with Crippen LogP contribution >= 0.6 is 11.6 Å². The first-order chi connectivity index (χ1) is 19.1. The molecule has 4 aromatic carbocycles. The number of fused-ring (bicyclic) bond motifs is 1. The molecule has 1 aromatic heterocycles. The Labute approximate surface area is 233 Å². The van der Waals surface area contributed by atoms with Crippen molar-refractivity contribution in [3.63, 3.8) is 0 Å². The summed E-state index contributed by atoms with van der Waals surface area (Å²) in [4.78, 5) is 11.8. The van der Waals surface area contributed by atoms with Crippen LogP contribution in [0.2, 0.25) is 5.02 Å². The lowest BCUT2D eigenvalue weighted by Gasteiger charge is -2.24. The number of benzene rings is 4. The highest BCUT2D eigenvalue weighted by atomic mass is 35.5. The maximum atomic E-state index is 11.8. The zero-order valence-corrected chi connectivity index (χ0v) is 22.6. The van der Waals surface area contributed by atoms with E-state index in [0.29, 0.717) is 23.6 Å². The van der Waals surface area contributed by atoms with Gasteiger partial charge in [-0.1, -0.05) is 72.3 Å². The predicted molar refractivity (Wildman–Crippen MR) is 158 cm³/mol. The first-order valence-corrected chi connectivity index (χ1v) is 13.4. The molecule has 0 aliphatic heterocycles. The number of aliphatic hydroxyl groups is 1. The average molecular weight is 539 g/mol. The van der Waals surface area contributed by atoms with Gasteiger partial charge < -0.3 is 19.7 Å². The number of ether oxygens (including phenoxy) is 1. The number of aromatic nitrogens is 1. The lowest BCUT2D eigenvalue weighted by molar-refractivity contribution is 0.0600. The maximum absolute atomic E-state index is 11.8. The molecule has 0 aliphatic rings. The summed E-state index contributed by atoms with van der Waals surface area (Å²) in [7, 11) is 1.38. The van der Waals surface area contributed by atoms with Crippen LogP contribution in [-0.4, -0.2) is 35.9 Å². The van der Waals surface area contributed by atoms with Gasteiger partial charge in [-0.25, -0.2) is 4.79 Å². The SMILES string of the molecule is COC(=O)c1ccc(NCCc2c(CCO)n(C(c3ccccc3)c3ccccc3)c3ccc(Cl)cc23)cc1. The molecule has 0 radical (unpaired) electrons. The number of nitrogens with one attached hydrogen (secondary N) is 1. The normalized spacial score (nSPS) is 11.2. The fourth-order valence-corrected chi connectivity index (χ4v) is 5.46. The molecule has 198 valence electrons. The van der Waals surface area contributed by atoms with Gasteiger partial charge in [-0.15, -0.1) is 0 Å². The van der Waals surface area contributed by atoms with E-state index >= 15 is 0 Å². The molecular weight excluding hydrogens is 508 g/mol. The van der Waals surface area contributed by atoms with Gasteiger partial charge in [0, 0.05) is 46.9 Å². The Morgan fingerprint density at radius 1 is 0.897 bits per heavy atom. The lowest BCUT2D eigenvalue weighted by atomic mass is 9.97. The van der Waals surface area contributed by atoms with E-state index in [1.807, 2.05) is 36.4 Å². The Bertz CT molecular complexity index is 1510. The summed E-state index contributed by atoms with van der Waals surface area (Å²) >= 11 is 6.51. The predicted octanol–water partition coefficient (Wildman–Crippen LogP) is 6.91. The van der Waals surface area contributed by atoms with Gasteiger partial charge in [0.2, 0.25) is 0 Å². The molecule has 1 heterocycles. The number of carbonyl (C=O) groups is 1. The van der Waals surface area contributed by atoms with Crippen LogP contribution in [0.3, 0.4) is 0 Å². The number of esters is 1. The summed E-state index contributed by atoms with van der Waals surface area (Å²) in [5.74, 6) is -0.355. The molecule has 0 spiro atoms. The molecule has 0 saturated carbocycles. The van der Waals surface area contributed by atoms with Crippen molar-refractivity contribution in [2.45, 2.75) is 18.9 Å². The van der Waals surface area contributed by atoms with E-state index in [9.17, 15) is 9.90 Å². The molecule has 0 amide bonds. The van der Waals surface area contributed by atoms with Crippen LogP contribution < -0.4 is 5.32 Å². The Morgan fingerprint density at radius 3 is 2.13 bits per heavy atom. The second-order valence-electron chi connectivity index (χ2n) is 9.40. The smallest absolute Gasteiger partial charge is 0.337 e. The summed E-state index contributed by atoms with van der Waals surface area (Å²) in [5.41, 5.74) is 7.11. The fourth-order valence-electron chi connectivity index (χ4n) is 5.29. The third-order valence-electron chi connectivity index (χ3n) is 7.03. The third kappa shape index (κ3) is 5.70. The zero-order chi connectivity index (χ0) is 27.2. The molecule has 0 fully saturated rings. The van der Waals surface area contributed by atoms with Crippen molar-refractivity contribution in [3.8, 4) is 0 Å². The van der Waals surface area contributed by atoms with E-state index in [-0.39, 0.29) is 18.6 Å². The van der Waals surface area contributed by atoms with Gasteiger partial charge in [0.15, 0.2) is 0 Å². The Morgan fingerprint density at radius 2 is 1.54 bits per heavy atom. The Balaban J connectivity index is 1.57. The van der Waals surface area contributed by atoms with E-state index in [1.165, 1.54) is 18.2 Å². The summed E-state index contributed by atoms with van der Waals surface area (Å²) in [6.45, 7) is 0.707. The molecular formula is C33H31ClN2O3. The van der Waals surface area contributed by atoms with Gasteiger partial charge in [-0.3, -0.25) is 0 Å². The number of carbonyl (C=O) groups excluding carboxylic acids is 1. The number of hydrogen-bond donors (Lipinski definition) is 2. The monoisotopic (exact) mass is 538 g/mol. The zero-order valence-electron chi connectivity index (χ0n) is 21.8. The Hall–Kier alpha value is -4.06. The second-order valence-corrected chi connectivity index (χ2v) is 9.84. The van der Waals surface area contributed by atoms with Crippen molar-refractivity contribution in [1.82, 2.24) is 4.57 Å². The maximum Gasteiger partial charge on any atom is 0.337 e. The number of hydrogen-bond acceptors (Lipinski definition) is 4. The van der Waals surface area contributed by atoms with Crippen LogP contribution in [0, 0.1) is 0 Å². The minimum absolute atomic E-state index is 0.0375. The number of anilines is 1.